The molecule has 0 aromatic carbocycles. The molecule has 8 nitrogen and oxygen atoms in total. The largest absolute Gasteiger partial charge is 0.480 e. The second-order valence-electron chi connectivity index (χ2n) is 5.53. The molecule has 0 amide bonds. The number of hydrogen-bond acceptors (Lipinski definition) is 5. The van der Waals surface area contributed by atoms with E-state index < -0.39 is 28.0 Å². The van der Waals surface area contributed by atoms with Crippen LogP contribution in [0.4, 0.5) is 0 Å². The van der Waals surface area contributed by atoms with Gasteiger partial charge in [0.1, 0.15) is 16.6 Å². The number of ether oxygens (including phenoxy) is 1. The van der Waals surface area contributed by atoms with Crippen LogP contribution in [0.15, 0.2) is 17.2 Å². The summed E-state index contributed by atoms with van der Waals surface area (Å²) in [5.74, 6) is -1.89. The third kappa shape index (κ3) is 5.07. The van der Waals surface area contributed by atoms with Crippen LogP contribution in [0.25, 0.3) is 0 Å². The Hall–Kier alpha value is -1.87. The molecule has 23 heavy (non-hydrogen) atoms. The van der Waals surface area contributed by atoms with Crippen molar-refractivity contribution in [2.24, 2.45) is 13.0 Å². The maximum Gasteiger partial charge on any atom is 0.354 e. The molecule has 0 bridgehead atoms. The fourth-order valence-electron chi connectivity index (χ4n) is 2.02. The van der Waals surface area contributed by atoms with E-state index >= 15 is 0 Å². The number of aliphatic carboxylic acids is 1. The quantitative estimate of drug-likeness (QED) is 0.678. The lowest BCUT2D eigenvalue weighted by atomic mass is 10.1. The number of carboxylic acid groups (broad SMARTS) is 1. The van der Waals surface area contributed by atoms with E-state index in [-0.39, 0.29) is 29.5 Å². The van der Waals surface area contributed by atoms with Gasteiger partial charge in [0.15, 0.2) is 0 Å². The monoisotopic (exact) mass is 346 g/mol. The van der Waals surface area contributed by atoms with Crippen molar-refractivity contribution in [2.45, 2.75) is 38.1 Å². The molecule has 9 heteroatoms. The van der Waals surface area contributed by atoms with Gasteiger partial charge in [-0.25, -0.2) is 13.2 Å². The second kappa shape index (κ2) is 7.60. The first kappa shape index (κ1) is 19.2. The van der Waals surface area contributed by atoms with Gasteiger partial charge < -0.3 is 14.4 Å². The van der Waals surface area contributed by atoms with Gasteiger partial charge in [0.2, 0.25) is 10.0 Å². The number of hydrogen-bond donors (Lipinski definition) is 2. The van der Waals surface area contributed by atoms with Crippen molar-refractivity contribution >= 4 is 22.0 Å². The van der Waals surface area contributed by atoms with Crippen LogP contribution in [0.5, 0.6) is 0 Å². The fraction of sp³-hybridized carbons (Fsp3) is 0.571. The highest BCUT2D eigenvalue weighted by atomic mass is 32.2. The lowest BCUT2D eigenvalue weighted by Gasteiger charge is -2.15. The van der Waals surface area contributed by atoms with Gasteiger partial charge in [-0.05, 0) is 25.3 Å². The number of esters is 1. The average Bonchev–Trinajstić information content (AvgIpc) is 2.80. The van der Waals surface area contributed by atoms with Crippen LogP contribution in [0.1, 0.15) is 37.7 Å². The third-order valence-electron chi connectivity index (χ3n) is 3.08. The highest BCUT2D eigenvalue weighted by Gasteiger charge is 2.28. The predicted molar refractivity (Wildman–Crippen MR) is 82.6 cm³/mol. The zero-order chi connectivity index (χ0) is 17.8. The zero-order valence-corrected chi connectivity index (χ0v) is 14.4. The summed E-state index contributed by atoms with van der Waals surface area (Å²) in [7, 11) is -2.55. The lowest BCUT2D eigenvalue weighted by Crippen LogP contribution is -2.41. The molecule has 1 heterocycles. The summed E-state index contributed by atoms with van der Waals surface area (Å²) in [6, 6.07) is -0.0690. The highest BCUT2D eigenvalue weighted by molar-refractivity contribution is 7.89. The molecule has 1 aromatic heterocycles. The molecule has 1 rings (SSSR count). The fourth-order valence-corrected chi connectivity index (χ4v) is 3.29. The first-order chi connectivity index (χ1) is 10.6. The standard InChI is InChI=1S/C14H22N2O6S/c1-5-22-14(19)12-7-10(8-16(12)4)23(20,21)15-11(13(17)18)6-9(2)3/h7-9,11,15H,5-6H2,1-4H3,(H,17,18)/t11-/m1/s1. The van der Waals surface area contributed by atoms with Gasteiger partial charge in [-0.1, -0.05) is 13.8 Å². The zero-order valence-electron chi connectivity index (χ0n) is 13.6. The highest BCUT2D eigenvalue weighted by Crippen LogP contribution is 2.16. The van der Waals surface area contributed by atoms with Crippen LogP contribution in [0.2, 0.25) is 0 Å². The predicted octanol–water partition coefficient (Wildman–Crippen LogP) is 0.979. The van der Waals surface area contributed by atoms with E-state index in [4.69, 9.17) is 9.84 Å². The van der Waals surface area contributed by atoms with Crippen LogP contribution in [0, 0.1) is 5.92 Å². The van der Waals surface area contributed by atoms with E-state index in [0.717, 1.165) is 6.07 Å². The maximum atomic E-state index is 12.3. The second-order valence-corrected chi connectivity index (χ2v) is 7.25. The Morgan fingerprint density at radius 2 is 2.00 bits per heavy atom. The van der Waals surface area contributed by atoms with Crippen molar-refractivity contribution in [3.63, 3.8) is 0 Å². The molecular weight excluding hydrogens is 324 g/mol. The molecule has 0 aliphatic heterocycles. The molecule has 0 fully saturated rings. The number of nitrogens with zero attached hydrogens (tertiary/aromatic N) is 1. The van der Waals surface area contributed by atoms with Gasteiger partial charge in [0, 0.05) is 13.2 Å². The van der Waals surface area contributed by atoms with Gasteiger partial charge in [-0.3, -0.25) is 4.79 Å². The normalized spacial score (nSPS) is 13.1. The molecular formula is C14H22N2O6S. The van der Waals surface area contributed by atoms with Gasteiger partial charge >= 0.3 is 11.9 Å². The van der Waals surface area contributed by atoms with E-state index in [9.17, 15) is 18.0 Å². The van der Waals surface area contributed by atoms with Crippen molar-refractivity contribution in [1.82, 2.24) is 9.29 Å². The van der Waals surface area contributed by atoms with Crippen molar-refractivity contribution in [1.29, 1.82) is 0 Å². The average molecular weight is 346 g/mol. The molecule has 0 unspecified atom stereocenters. The Bertz CT molecular complexity index is 677. The summed E-state index contributed by atoms with van der Waals surface area (Å²) in [4.78, 5) is 22.8. The van der Waals surface area contributed by atoms with Crippen molar-refractivity contribution in [2.75, 3.05) is 6.61 Å². The Morgan fingerprint density at radius 1 is 1.39 bits per heavy atom. The Kier molecular flexibility index (Phi) is 6.34. The number of rotatable bonds is 8. The molecule has 0 aliphatic carbocycles. The van der Waals surface area contributed by atoms with Gasteiger partial charge in [-0.2, -0.15) is 4.72 Å². The van der Waals surface area contributed by atoms with Crippen molar-refractivity contribution < 1.29 is 27.9 Å². The van der Waals surface area contributed by atoms with E-state index in [2.05, 4.69) is 4.72 Å². The Labute approximate surface area is 135 Å². The number of nitrogens with one attached hydrogen (secondary N) is 1. The molecule has 0 saturated carbocycles. The number of carboxylic acids is 1. The first-order valence-corrected chi connectivity index (χ1v) is 8.65. The first-order valence-electron chi connectivity index (χ1n) is 7.17. The molecule has 130 valence electrons. The smallest absolute Gasteiger partial charge is 0.354 e. The molecule has 0 radical (unpaired) electrons. The minimum Gasteiger partial charge on any atom is -0.480 e. The molecule has 2 N–H and O–H groups in total. The number of carbonyl (C=O) groups is 2. The molecule has 1 atom stereocenters. The molecule has 0 spiro atoms. The van der Waals surface area contributed by atoms with Crippen molar-refractivity contribution in [3.8, 4) is 0 Å². The van der Waals surface area contributed by atoms with Crippen LogP contribution in [-0.4, -0.2) is 42.7 Å². The van der Waals surface area contributed by atoms with Crippen molar-refractivity contribution in [3.05, 3.63) is 18.0 Å². The summed E-state index contributed by atoms with van der Waals surface area (Å²) >= 11 is 0. The molecule has 0 saturated heterocycles. The summed E-state index contributed by atoms with van der Waals surface area (Å²) in [6.45, 7) is 5.40. The SMILES string of the molecule is CCOC(=O)c1cc(S(=O)(=O)N[C@H](CC(C)C)C(=O)O)cn1C. The maximum absolute atomic E-state index is 12.3. The van der Waals surface area contributed by atoms with Crippen LogP contribution < -0.4 is 4.72 Å². The Balaban J connectivity index is 3.06. The number of aromatic nitrogens is 1. The van der Waals surface area contributed by atoms with Gasteiger partial charge in [-0.15, -0.1) is 0 Å². The number of aryl methyl sites for hydroxylation is 1. The summed E-state index contributed by atoms with van der Waals surface area (Å²) in [5.41, 5.74) is 0.0722. The minimum atomic E-state index is -4.06. The molecule has 0 aliphatic rings. The minimum absolute atomic E-state index is 0.00432. The van der Waals surface area contributed by atoms with E-state index in [1.165, 1.54) is 17.8 Å². The lowest BCUT2D eigenvalue weighted by molar-refractivity contribution is -0.139. The van der Waals surface area contributed by atoms with Crippen LogP contribution in [-0.2, 0) is 26.6 Å². The topological polar surface area (TPSA) is 115 Å². The van der Waals surface area contributed by atoms with E-state index in [0.29, 0.717) is 0 Å². The number of sulfonamides is 1. The summed E-state index contributed by atoms with van der Waals surface area (Å²) < 4.78 is 33.0. The van der Waals surface area contributed by atoms with Gasteiger partial charge in [0.25, 0.3) is 0 Å². The third-order valence-corrected chi connectivity index (χ3v) is 4.52. The Morgan fingerprint density at radius 3 is 2.48 bits per heavy atom. The van der Waals surface area contributed by atoms with Crippen LogP contribution in [0.3, 0.4) is 0 Å². The van der Waals surface area contributed by atoms with E-state index in [1.807, 2.05) is 0 Å². The molecule has 1 aromatic rings. The number of carbonyl (C=O) groups excluding carboxylic acids is 1. The van der Waals surface area contributed by atoms with E-state index in [1.54, 1.807) is 20.8 Å². The summed E-state index contributed by atoms with van der Waals surface area (Å²) in [6.07, 6.45) is 1.40. The van der Waals surface area contributed by atoms with Crippen LogP contribution >= 0.6 is 0 Å². The summed E-state index contributed by atoms with van der Waals surface area (Å²) in [5, 5.41) is 9.14. The van der Waals surface area contributed by atoms with Gasteiger partial charge in [0.05, 0.1) is 6.61 Å².